The van der Waals surface area contributed by atoms with Gasteiger partial charge in [0.25, 0.3) is 0 Å². The maximum absolute atomic E-state index is 12.5. The summed E-state index contributed by atoms with van der Waals surface area (Å²) in [5.74, 6) is 0.308. The van der Waals surface area contributed by atoms with Crippen LogP contribution in [0.2, 0.25) is 0 Å². The van der Waals surface area contributed by atoms with Gasteiger partial charge in [0.05, 0.1) is 23.2 Å². The van der Waals surface area contributed by atoms with E-state index in [9.17, 15) is 13.2 Å². The molecule has 2 saturated heterocycles. The van der Waals surface area contributed by atoms with E-state index in [1.807, 2.05) is 11.0 Å². The molecule has 1 aromatic carbocycles. The molecule has 0 aliphatic carbocycles. The molecule has 0 bridgehead atoms. The van der Waals surface area contributed by atoms with E-state index < -0.39 is 9.84 Å². The average Bonchev–Trinajstić information content (AvgIpc) is 3.06. The zero-order valence-electron chi connectivity index (χ0n) is 14.5. The molecule has 2 fully saturated rings. The fourth-order valence-corrected chi connectivity index (χ4v) is 4.70. The Labute approximate surface area is 149 Å². The van der Waals surface area contributed by atoms with E-state index in [0.717, 1.165) is 32.5 Å². The molecule has 3 rings (SSSR count). The zero-order valence-corrected chi connectivity index (χ0v) is 15.3. The van der Waals surface area contributed by atoms with Gasteiger partial charge in [-0.15, -0.1) is 0 Å². The second kappa shape index (κ2) is 8.29. The Morgan fingerprint density at radius 3 is 2.64 bits per heavy atom. The molecular weight excluding hydrogens is 340 g/mol. The number of hydrogen-bond donors (Lipinski definition) is 0. The Morgan fingerprint density at radius 1 is 1.12 bits per heavy atom. The number of hydrogen-bond acceptors (Lipinski definition) is 5. The smallest absolute Gasteiger partial charge is 0.228 e. The Hall–Kier alpha value is -1.44. The summed E-state index contributed by atoms with van der Waals surface area (Å²) in [4.78, 5) is 16.9. The second-order valence-electron chi connectivity index (χ2n) is 6.71. The number of sulfone groups is 1. The topological polar surface area (TPSA) is 66.9 Å². The van der Waals surface area contributed by atoms with Crippen LogP contribution >= 0.6 is 0 Å². The predicted molar refractivity (Wildman–Crippen MR) is 95.1 cm³/mol. The van der Waals surface area contributed by atoms with E-state index >= 15 is 0 Å². The molecule has 0 spiro atoms. The quantitative estimate of drug-likeness (QED) is 0.779. The molecule has 2 aliphatic heterocycles. The SMILES string of the molecule is O=C(C1CCOC1)N1CCCN(CCS(=O)(=O)c2ccccc2)CC1. The summed E-state index contributed by atoms with van der Waals surface area (Å²) >= 11 is 0. The molecule has 2 heterocycles. The summed E-state index contributed by atoms with van der Waals surface area (Å²) in [6, 6.07) is 8.59. The van der Waals surface area contributed by atoms with Gasteiger partial charge < -0.3 is 14.5 Å². The minimum absolute atomic E-state index is 0.00464. The van der Waals surface area contributed by atoms with Gasteiger partial charge >= 0.3 is 0 Å². The molecular formula is C18H26N2O4S. The molecule has 1 atom stereocenters. The third-order valence-electron chi connectivity index (χ3n) is 4.96. The Kier molecular flexibility index (Phi) is 6.09. The van der Waals surface area contributed by atoms with Crippen molar-refractivity contribution >= 4 is 15.7 Å². The van der Waals surface area contributed by atoms with Gasteiger partial charge in [0.15, 0.2) is 9.84 Å². The van der Waals surface area contributed by atoms with E-state index in [4.69, 9.17) is 4.74 Å². The molecule has 1 aromatic rings. The Balaban J connectivity index is 1.51. The van der Waals surface area contributed by atoms with Crippen LogP contribution in [0.5, 0.6) is 0 Å². The van der Waals surface area contributed by atoms with Gasteiger partial charge in [-0.05, 0) is 31.5 Å². The van der Waals surface area contributed by atoms with E-state index in [1.165, 1.54) is 0 Å². The van der Waals surface area contributed by atoms with Gasteiger partial charge in [0, 0.05) is 32.8 Å². The predicted octanol–water partition coefficient (Wildman–Crippen LogP) is 1.03. The molecule has 7 heteroatoms. The molecule has 25 heavy (non-hydrogen) atoms. The van der Waals surface area contributed by atoms with Gasteiger partial charge in [0.1, 0.15) is 0 Å². The molecule has 2 aliphatic rings. The maximum atomic E-state index is 12.5. The molecule has 0 saturated carbocycles. The molecule has 6 nitrogen and oxygen atoms in total. The van der Waals surface area contributed by atoms with Crippen molar-refractivity contribution in [3.63, 3.8) is 0 Å². The van der Waals surface area contributed by atoms with Crippen LogP contribution in [0.4, 0.5) is 0 Å². The maximum Gasteiger partial charge on any atom is 0.228 e. The first-order valence-electron chi connectivity index (χ1n) is 8.93. The molecule has 1 amide bonds. The third kappa shape index (κ3) is 4.80. The van der Waals surface area contributed by atoms with Crippen molar-refractivity contribution in [2.75, 3.05) is 51.7 Å². The molecule has 138 valence electrons. The highest BCUT2D eigenvalue weighted by atomic mass is 32.2. The fraction of sp³-hybridized carbons (Fsp3) is 0.611. The first-order chi connectivity index (χ1) is 12.1. The molecule has 0 N–H and O–H groups in total. The average molecular weight is 366 g/mol. The van der Waals surface area contributed by atoms with Crippen molar-refractivity contribution in [3.05, 3.63) is 30.3 Å². The standard InChI is InChI=1S/C18H26N2O4S/c21-18(16-7-13-24-15-16)20-9-4-8-19(10-11-20)12-14-25(22,23)17-5-2-1-3-6-17/h1-3,5-6,16H,4,7-15H2. The summed E-state index contributed by atoms with van der Waals surface area (Å²) in [6.07, 6.45) is 1.69. The van der Waals surface area contributed by atoms with Gasteiger partial charge in [-0.3, -0.25) is 4.79 Å². The minimum atomic E-state index is -3.25. The lowest BCUT2D eigenvalue weighted by Crippen LogP contribution is -2.39. The Morgan fingerprint density at radius 2 is 1.92 bits per heavy atom. The zero-order chi connectivity index (χ0) is 17.7. The van der Waals surface area contributed by atoms with Crippen molar-refractivity contribution in [2.45, 2.75) is 17.7 Å². The van der Waals surface area contributed by atoms with Crippen molar-refractivity contribution in [3.8, 4) is 0 Å². The number of benzene rings is 1. The van der Waals surface area contributed by atoms with Crippen LogP contribution in [-0.2, 0) is 19.4 Å². The number of carbonyl (C=O) groups excluding carboxylic acids is 1. The first kappa shape index (κ1) is 18.4. The number of carbonyl (C=O) groups is 1. The van der Waals surface area contributed by atoms with Gasteiger partial charge in [0.2, 0.25) is 5.91 Å². The largest absolute Gasteiger partial charge is 0.381 e. The van der Waals surface area contributed by atoms with Gasteiger partial charge in [-0.2, -0.15) is 0 Å². The highest BCUT2D eigenvalue weighted by molar-refractivity contribution is 7.91. The molecule has 0 radical (unpaired) electrons. The summed E-state index contributed by atoms with van der Waals surface area (Å²) in [5, 5.41) is 0. The normalized spacial score (nSPS) is 22.7. The highest BCUT2D eigenvalue weighted by Crippen LogP contribution is 2.17. The van der Waals surface area contributed by atoms with Gasteiger partial charge in [-0.1, -0.05) is 18.2 Å². The third-order valence-corrected chi connectivity index (χ3v) is 6.67. The lowest BCUT2D eigenvalue weighted by molar-refractivity contribution is -0.135. The van der Waals surface area contributed by atoms with Crippen LogP contribution in [0.25, 0.3) is 0 Å². The van der Waals surface area contributed by atoms with Crippen LogP contribution in [-0.4, -0.2) is 75.8 Å². The van der Waals surface area contributed by atoms with Crippen molar-refractivity contribution in [1.29, 1.82) is 0 Å². The molecule has 1 unspecified atom stereocenters. The van der Waals surface area contributed by atoms with Crippen LogP contribution in [0, 0.1) is 5.92 Å². The summed E-state index contributed by atoms with van der Waals surface area (Å²) < 4.78 is 30.1. The number of rotatable bonds is 5. The van der Waals surface area contributed by atoms with Crippen molar-refractivity contribution < 1.29 is 17.9 Å². The van der Waals surface area contributed by atoms with E-state index in [2.05, 4.69) is 4.90 Å². The number of nitrogens with zero attached hydrogens (tertiary/aromatic N) is 2. The Bertz CT molecular complexity index is 672. The van der Waals surface area contributed by atoms with Gasteiger partial charge in [-0.25, -0.2) is 8.42 Å². The lowest BCUT2D eigenvalue weighted by Gasteiger charge is -2.24. The lowest BCUT2D eigenvalue weighted by atomic mass is 10.1. The second-order valence-corrected chi connectivity index (χ2v) is 8.82. The molecule has 0 aromatic heterocycles. The monoisotopic (exact) mass is 366 g/mol. The summed E-state index contributed by atoms with van der Waals surface area (Å²) in [6.45, 7) is 4.69. The summed E-state index contributed by atoms with van der Waals surface area (Å²) in [7, 11) is -3.25. The number of amides is 1. The van der Waals surface area contributed by atoms with Crippen molar-refractivity contribution in [1.82, 2.24) is 9.80 Å². The van der Waals surface area contributed by atoms with Crippen LogP contribution in [0.3, 0.4) is 0 Å². The van der Waals surface area contributed by atoms with E-state index in [1.54, 1.807) is 24.3 Å². The summed E-state index contributed by atoms with van der Waals surface area (Å²) in [5.41, 5.74) is 0. The van der Waals surface area contributed by atoms with Crippen molar-refractivity contribution in [2.24, 2.45) is 5.92 Å². The van der Waals surface area contributed by atoms with Crippen LogP contribution in [0.15, 0.2) is 35.2 Å². The van der Waals surface area contributed by atoms with Crippen LogP contribution < -0.4 is 0 Å². The van der Waals surface area contributed by atoms with Crippen LogP contribution in [0.1, 0.15) is 12.8 Å². The van der Waals surface area contributed by atoms with E-state index in [0.29, 0.717) is 31.2 Å². The minimum Gasteiger partial charge on any atom is -0.381 e. The highest BCUT2D eigenvalue weighted by Gasteiger charge is 2.29. The number of ether oxygens (including phenoxy) is 1. The van der Waals surface area contributed by atoms with E-state index in [-0.39, 0.29) is 17.6 Å². The fourth-order valence-electron chi connectivity index (χ4n) is 3.40. The first-order valence-corrected chi connectivity index (χ1v) is 10.6.